The topological polar surface area (TPSA) is 74.2 Å². The molecule has 2 rings (SSSR count). The fourth-order valence-electron chi connectivity index (χ4n) is 2.31. The average Bonchev–Trinajstić information content (AvgIpc) is 2.51. The summed E-state index contributed by atoms with van der Waals surface area (Å²) in [5.41, 5.74) is 0.223. The molecule has 0 bridgehead atoms. The lowest BCUT2D eigenvalue weighted by molar-refractivity contribution is -0.00177. The number of halogens is 2. The van der Waals surface area contributed by atoms with Gasteiger partial charge in [0.05, 0.1) is 28.9 Å². The summed E-state index contributed by atoms with van der Waals surface area (Å²) in [5.74, 6) is -0.440. The molecule has 5 nitrogen and oxygen atoms in total. The molecule has 0 unspecified atom stereocenters. The van der Waals surface area contributed by atoms with Gasteiger partial charge in [-0.2, -0.15) is 0 Å². The maximum atomic E-state index is 13.9. The molecule has 0 radical (unpaired) electrons. The molecule has 0 saturated carbocycles. The fraction of sp³-hybridized carbons (Fsp3) is 0.444. The van der Waals surface area contributed by atoms with Crippen molar-refractivity contribution in [1.82, 2.24) is 10.3 Å². The molecular formula is C18H23BrFN3O2. The van der Waals surface area contributed by atoms with Crippen molar-refractivity contribution in [3.8, 4) is 0 Å². The molecule has 7 heteroatoms. The summed E-state index contributed by atoms with van der Waals surface area (Å²) in [6.45, 7) is 6.39. The van der Waals surface area contributed by atoms with Gasteiger partial charge in [-0.3, -0.25) is 9.78 Å². The normalized spacial score (nSPS) is 13.1. The Bertz CT molecular complexity index is 775. The number of nitrogens with one attached hydrogen (secondary N) is 2. The minimum Gasteiger partial charge on any atom is -0.387 e. The van der Waals surface area contributed by atoms with Gasteiger partial charge < -0.3 is 15.7 Å². The van der Waals surface area contributed by atoms with E-state index < -0.39 is 17.7 Å². The van der Waals surface area contributed by atoms with Crippen LogP contribution in [0, 0.1) is 0 Å². The van der Waals surface area contributed by atoms with E-state index in [0.29, 0.717) is 11.3 Å². The summed E-state index contributed by atoms with van der Waals surface area (Å²) in [6.07, 6.45) is -0.0892. The number of aliphatic hydroxyl groups is 1. The number of fused-ring (bicyclic) bond motifs is 1. The van der Waals surface area contributed by atoms with E-state index in [-0.39, 0.29) is 12.6 Å². The van der Waals surface area contributed by atoms with E-state index in [1.165, 1.54) is 20.0 Å². The van der Waals surface area contributed by atoms with Crippen molar-refractivity contribution in [2.45, 2.75) is 45.5 Å². The minimum absolute atomic E-state index is 0.0985. The van der Waals surface area contributed by atoms with Crippen molar-refractivity contribution in [1.29, 1.82) is 0 Å². The van der Waals surface area contributed by atoms with E-state index in [2.05, 4.69) is 31.5 Å². The third kappa shape index (κ3) is 4.89. The second-order valence-corrected chi connectivity index (χ2v) is 7.75. The Morgan fingerprint density at radius 2 is 2.08 bits per heavy atom. The smallest absolute Gasteiger partial charge is 0.255 e. The minimum atomic E-state index is -1.57. The van der Waals surface area contributed by atoms with Gasteiger partial charge in [0.25, 0.3) is 5.91 Å². The number of benzene rings is 1. The van der Waals surface area contributed by atoms with Crippen molar-refractivity contribution < 1.29 is 14.3 Å². The van der Waals surface area contributed by atoms with Gasteiger partial charge in [0, 0.05) is 22.1 Å². The second-order valence-electron chi connectivity index (χ2n) is 6.84. The zero-order chi connectivity index (χ0) is 18.8. The summed E-state index contributed by atoms with van der Waals surface area (Å²) in [5, 5.41) is 16.3. The van der Waals surface area contributed by atoms with Gasteiger partial charge in [0.2, 0.25) is 0 Å². The zero-order valence-corrected chi connectivity index (χ0v) is 16.3. The van der Waals surface area contributed by atoms with Crippen LogP contribution in [0.25, 0.3) is 10.9 Å². The fourth-order valence-corrected chi connectivity index (χ4v) is 2.67. The Kier molecular flexibility index (Phi) is 6.00. The molecule has 1 aromatic heterocycles. The number of aromatic nitrogens is 1. The highest BCUT2D eigenvalue weighted by molar-refractivity contribution is 9.10. The first-order valence-electron chi connectivity index (χ1n) is 8.09. The summed E-state index contributed by atoms with van der Waals surface area (Å²) < 4.78 is 14.8. The molecule has 0 aliphatic rings. The number of rotatable bonds is 6. The molecular weight excluding hydrogens is 389 g/mol. The summed E-state index contributed by atoms with van der Waals surface area (Å²) in [7, 11) is 0. The maximum absolute atomic E-state index is 13.9. The van der Waals surface area contributed by atoms with E-state index in [0.717, 1.165) is 15.4 Å². The Morgan fingerprint density at radius 1 is 1.40 bits per heavy atom. The molecule has 0 saturated heterocycles. The van der Waals surface area contributed by atoms with Gasteiger partial charge in [-0.05, 0) is 45.9 Å². The number of nitrogens with zero attached hydrogens (tertiary/aromatic N) is 1. The van der Waals surface area contributed by atoms with E-state index in [4.69, 9.17) is 0 Å². The molecule has 1 heterocycles. The van der Waals surface area contributed by atoms with Crippen LogP contribution in [-0.2, 0) is 0 Å². The molecule has 1 amide bonds. The Hall–Kier alpha value is -1.73. The monoisotopic (exact) mass is 411 g/mol. The van der Waals surface area contributed by atoms with Crippen molar-refractivity contribution in [2.24, 2.45) is 0 Å². The molecule has 0 aliphatic carbocycles. The first kappa shape index (κ1) is 19.6. The van der Waals surface area contributed by atoms with E-state index in [9.17, 15) is 14.3 Å². The predicted molar refractivity (Wildman–Crippen MR) is 102 cm³/mol. The maximum Gasteiger partial charge on any atom is 0.255 e. The number of alkyl halides is 1. The number of amides is 1. The zero-order valence-electron chi connectivity index (χ0n) is 14.7. The van der Waals surface area contributed by atoms with Crippen molar-refractivity contribution in [3.05, 3.63) is 34.4 Å². The molecule has 0 aliphatic heterocycles. The van der Waals surface area contributed by atoms with Crippen LogP contribution in [-0.4, -0.2) is 40.4 Å². The lowest BCUT2D eigenvalue weighted by Gasteiger charge is -2.23. The van der Waals surface area contributed by atoms with Crippen molar-refractivity contribution in [3.63, 3.8) is 0 Å². The van der Waals surface area contributed by atoms with Crippen molar-refractivity contribution >= 4 is 38.4 Å². The van der Waals surface area contributed by atoms with Gasteiger partial charge >= 0.3 is 0 Å². The van der Waals surface area contributed by atoms with Gasteiger partial charge in [-0.15, -0.1) is 0 Å². The largest absolute Gasteiger partial charge is 0.387 e. The predicted octanol–water partition coefficient (Wildman–Crippen LogP) is 3.66. The van der Waals surface area contributed by atoms with Gasteiger partial charge in [-0.25, -0.2) is 4.39 Å². The molecule has 136 valence electrons. The van der Waals surface area contributed by atoms with Crippen LogP contribution in [0.2, 0.25) is 0 Å². The first-order chi connectivity index (χ1) is 11.6. The molecule has 25 heavy (non-hydrogen) atoms. The average molecular weight is 412 g/mol. The number of hydrogen-bond acceptors (Lipinski definition) is 4. The second kappa shape index (κ2) is 7.66. The van der Waals surface area contributed by atoms with E-state index in [1.54, 1.807) is 0 Å². The first-order valence-corrected chi connectivity index (χ1v) is 8.88. The molecule has 2 aromatic rings. The van der Waals surface area contributed by atoms with Crippen molar-refractivity contribution in [2.75, 3.05) is 11.9 Å². The third-order valence-corrected chi connectivity index (χ3v) is 4.21. The number of carbonyl (C=O) groups excluding carboxylic acids is 1. The summed E-state index contributed by atoms with van der Waals surface area (Å²) in [6, 6.07) is 5.73. The molecule has 1 atom stereocenters. The van der Waals surface area contributed by atoms with E-state index in [1.807, 2.05) is 32.0 Å². The van der Waals surface area contributed by atoms with Gasteiger partial charge in [0.1, 0.15) is 6.17 Å². The highest BCUT2D eigenvalue weighted by Gasteiger charge is 2.27. The summed E-state index contributed by atoms with van der Waals surface area (Å²) in [4.78, 5) is 16.9. The molecule has 1 aromatic carbocycles. The van der Waals surface area contributed by atoms with Crippen LogP contribution in [0.3, 0.4) is 0 Å². The standard InChI is InChI=1S/C18H23BrFN3O2/c1-10(2)23-16-12-7-11(19)5-6-14(12)21-8-13(16)17(24)22-9-15(20)18(3,4)25/h5-8,10,15,25H,9H2,1-4H3,(H,21,23)(H,22,24)/t15-/m1/s1. The molecule has 0 fully saturated rings. The highest BCUT2D eigenvalue weighted by Crippen LogP contribution is 2.29. The van der Waals surface area contributed by atoms with Crippen LogP contribution < -0.4 is 10.6 Å². The summed E-state index contributed by atoms with van der Waals surface area (Å²) >= 11 is 3.43. The molecule has 3 N–H and O–H groups in total. The number of anilines is 1. The Labute approximate surface area is 155 Å². The van der Waals surface area contributed by atoms with Crippen LogP contribution in [0.1, 0.15) is 38.1 Å². The Morgan fingerprint density at radius 3 is 2.68 bits per heavy atom. The van der Waals surface area contributed by atoms with E-state index >= 15 is 0 Å². The van der Waals surface area contributed by atoms with Crippen LogP contribution in [0.15, 0.2) is 28.9 Å². The van der Waals surface area contributed by atoms with Gasteiger partial charge in [0.15, 0.2) is 0 Å². The Balaban J connectivity index is 2.37. The number of pyridine rings is 1. The quantitative estimate of drug-likeness (QED) is 0.677. The lowest BCUT2D eigenvalue weighted by atomic mass is 10.0. The molecule has 0 spiro atoms. The highest BCUT2D eigenvalue weighted by atomic mass is 79.9. The van der Waals surface area contributed by atoms with Crippen LogP contribution in [0.4, 0.5) is 10.1 Å². The van der Waals surface area contributed by atoms with Crippen LogP contribution in [0.5, 0.6) is 0 Å². The van der Waals surface area contributed by atoms with Crippen LogP contribution >= 0.6 is 15.9 Å². The SMILES string of the molecule is CC(C)Nc1c(C(=O)NC[C@@H](F)C(C)(C)O)cnc2ccc(Br)cc12. The number of carbonyl (C=O) groups is 1. The number of hydrogen-bond donors (Lipinski definition) is 3. The third-order valence-electron chi connectivity index (χ3n) is 3.72. The lowest BCUT2D eigenvalue weighted by Crippen LogP contribution is -2.42. The van der Waals surface area contributed by atoms with Gasteiger partial charge in [-0.1, -0.05) is 15.9 Å².